The van der Waals surface area contributed by atoms with Crippen molar-refractivity contribution in [3.05, 3.63) is 42.2 Å². The van der Waals surface area contributed by atoms with Crippen LogP contribution in [0.15, 0.2) is 41.6 Å². The van der Waals surface area contributed by atoms with E-state index in [1.54, 1.807) is 18.0 Å². The zero-order chi connectivity index (χ0) is 15.6. The van der Waals surface area contributed by atoms with Crippen LogP contribution in [0.3, 0.4) is 0 Å². The number of aromatic nitrogens is 1. The van der Waals surface area contributed by atoms with Crippen molar-refractivity contribution in [2.24, 2.45) is 0 Å². The van der Waals surface area contributed by atoms with Crippen molar-refractivity contribution in [1.82, 2.24) is 4.57 Å². The molecule has 0 saturated heterocycles. The van der Waals surface area contributed by atoms with Crippen LogP contribution in [0.2, 0.25) is 0 Å². The number of aliphatic hydroxyl groups is 1. The standard InChI is InChI=1S/C14H11Cl3N2OS/c1-21-12-5-3-2-4-10(12)11-8-19(7-9(11)6-18)13(20)14(15,16)17/h2-5,7-8,13,20H,1H3. The fourth-order valence-electron chi connectivity index (χ4n) is 1.96. The highest BCUT2D eigenvalue weighted by Crippen LogP contribution is 2.39. The minimum Gasteiger partial charge on any atom is -0.369 e. The van der Waals surface area contributed by atoms with Crippen molar-refractivity contribution < 1.29 is 5.11 Å². The Morgan fingerprint density at radius 1 is 1.24 bits per heavy atom. The Morgan fingerprint density at radius 3 is 2.48 bits per heavy atom. The number of benzene rings is 1. The van der Waals surface area contributed by atoms with Gasteiger partial charge in [-0.15, -0.1) is 11.8 Å². The summed E-state index contributed by atoms with van der Waals surface area (Å²) < 4.78 is -0.542. The lowest BCUT2D eigenvalue weighted by molar-refractivity contribution is 0.109. The van der Waals surface area contributed by atoms with Crippen molar-refractivity contribution in [1.29, 1.82) is 5.26 Å². The van der Waals surface area contributed by atoms with Crippen LogP contribution in [-0.2, 0) is 0 Å². The number of rotatable bonds is 3. The number of aliphatic hydroxyl groups excluding tert-OH is 1. The lowest BCUT2D eigenvalue weighted by Gasteiger charge is -2.20. The van der Waals surface area contributed by atoms with E-state index in [2.05, 4.69) is 6.07 Å². The van der Waals surface area contributed by atoms with Crippen LogP contribution in [0.4, 0.5) is 0 Å². The van der Waals surface area contributed by atoms with E-state index in [0.717, 1.165) is 10.5 Å². The fourth-order valence-corrected chi connectivity index (χ4v) is 2.91. The molecule has 7 heteroatoms. The largest absolute Gasteiger partial charge is 0.369 e. The Labute approximate surface area is 142 Å². The van der Waals surface area contributed by atoms with E-state index in [4.69, 9.17) is 34.8 Å². The van der Waals surface area contributed by atoms with Gasteiger partial charge < -0.3 is 9.67 Å². The Hall–Kier alpha value is -0.830. The van der Waals surface area contributed by atoms with Gasteiger partial charge in [-0.25, -0.2) is 0 Å². The monoisotopic (exact) mass is 360 g/mol. The highest BCUT2D eigenvalue weighted by Gasteiger charge is 2.32. The molecule has 0 spiro atoms. The molecule has 3 nitrogen and oxygen atoms in total. The number of alkyl halides is 3. The van der Waals surface area contributed by atoms with Gasteiger partial charge in [-0.3, -0.25) is 0 Å². The van der Waals surface area contributed by atoms with Gasteiger partial charge in [0.25, 0.3) is 0 Å². The van der Waals surface area contributed by atoms with Gasteiger partial charge in [0.1, 0.15) is 6.07 Å². The van der Waals surface area contributed by atoms with Crippen molar-refractivity contribution >= 4 is 46.6 Å². The van der Waals surface area contributed by atoms with Gasteiger partial charge >= 0.3 is 0 Å². The first kappa shape index (κ1) is 16.5. The second-order valence-electron chi connectivity index (χ2n) is 4.26. The van der Waals surface area contributed by atoms with Crippen LogP contribution in [0.5, 0.6) is 0 Å². The Balaban J connectivity index is 2.56. The molecule has 0 amide bonds. The minimum absolute atomic E-state index is 0.407. The average Bonchev–Trinajstić information content (AvgIpc) is 2.89. The van der Waals surface area contributed by atoms with Crippen molar-refractivity contribution in [2.75, 3.05) is 6.26 Å². The maximum Gasteiger partial charge on any atom is 0.234 e. The molecule has 2 aromatic rings. The number of halogens is 3. The first-order valence-electron chi connectivity index (χ1n) is 5.88. The Bertz CT molecular complexity index is 688. The molecule has 0 aliphatic carbocycles. The predicted octanol–water partition coefficient (Wildman–Crippen LogP) is 4.61. The molecule has 2 rings (SSSR count). The second kappa shape index (κ2) is 6.51. The molecule has 1 atom stereocenters. The lowest BCUT2D eigenvalue weighted by atomic mass is 10.1. The number of nitrogens with zero attached hydrogens (tertiary/aromatic N) is 2. The zero-order valence-electron chi connectivity index (χ0n) is 10.9. The third-order valence-corrected chi connectivity index (χ3v) is 4.32. The van der Waals surface area contributed by atoms with Crippen LogP contribution in [-0.4, -0.2) is 19.7 Å². The summed E-state index contributed by atoms with van der Waals surface area (Å²) in [6.45, 7) is 0. The zero-order valence-corrected chi connectivity index (χ0v) is 14.0. The van der Waals surface area contributed by atoms with Crippen LogP contribution < -0.4 is 0 Å². The summed E-state index contributed by atoms with van der Waals surface area (Å²) in [5, 5.41) is 19.3. The second-order valence-corrected chi connectivity index (χ2v) is 7.48. The van der Waals surface area contributed by atoms with Gasteiger partial charge in [-0.05, 0) is 17.9 Å². The molecule has 1 aromatic heterocycles. The van der Waals surface area contributed by atoms with E-state index in [-0.39, 0.29) is 0 Å². The lowest BCUT2D eigenvalue weighted by Crippen LogP contribution is -2.21. The summed E-state index contributed by atoms with van der Waals surface area (Å²) in [4.78, 5) is 1.02. The van der Waals surface area contributed by atoms with Gasteiger partial charge in [-0.2, -0.15) is 5.26 Å². The molecule has 0 aliphatic rings. The summed E-state index contributed by atoms with van der Waals surface area (Å²) >= 11 is 18.7. The molecular weight excluding hydrogens is 351 g/mol. The first-order valence-corrected chi connectivity index (χ1v) is 8.24. The molecule has 0 bridgehead atoms. The highest BCUT2D eigenvalue weighted by molar-refractivity contribution is 7.98. The first-order chi connectivity index (χ1) is 9.88. The molecule has 0 aliphatic heterocycles. The van der Waals surface area contributed by atoms with Crippen LogP contribution in [0, 0.1) is 11.3 Å². The van der Waals surface area contributed by atoms with Gasteiger partial charge in [0.2, 0.25) is 3.79 Å². The summed E-state index contributed by atoms with van der Waals surface area (Å²) in [7, 11) is 0. The molecule has 0 fully saturated rings. The van der Waals surface area contributed by atoms with Crippen molar-refractivity contribution in [3.63, 3.8) is 0 Å². The normalized spacial score (nSPS) is 13.0. The molecular formula is C14H11Cl3N2OS. The number of hydrogen-bond acceptors (Lipinski definition) is 3. The van der Waals surface area contributed by atoms with Gasteiger partial charge in [-0.1, -0.05) is 53.0 Å². The molecule has 0 radical (unpaired) electrons. The maximum absolute atomic E-state index is 10.0. The van der Waals surface area contributed by atoms with Crippen LogP contribution >= 0.6 is 46.6 Å². The number of nitriles is 1. The highest BCUT2D eigenvalue weighted by atomic mass is 35.6. The van der Waals surface area contributed by atoms with Crippen LogP contribution in [0.25, 0.3) is 11.1 Å². The van der Waals surface area contributed by atoms with Gasteiger partial charge in [0, 0.05) is 22.9 Å². The maximum atomic E-state index is 10.0. The summed E-state index contributed by atoms with van der Waals surface area (Å²) in [5.74, 6) is 0. The molecule has 1 heterocycles. The fraction of sp³-hybridized carbons (Fsp3) is 0.214. The summed E-state index contributed by atoms with van der Waals surface area (Å²) in [6.07, 6.45) is 3.67. The third kappa shape index (κ3) is 3.50. The molecule has 110 valence electrons. The minimum atomic E-state index is -1.87. The number of thioether (sulfide) groups is 1. The molecule has 1 unspecified atom stereocenters. The van der Waals surface area contributed by atoms with Gasteiger partial charge in [0.15, 0.2) is 6.23 Å². The molecule has 1 aromatic carbocycles. The van der Waals surface area contributed by atoms with Crippen molar-refractivity contribution in [2.45, 2.75) is 14.9 Å². The van der Waals surface area contributed by atoms with E-state index in [0.29, 0.717) is 11.1 Å². The predicted molar refractivity (Wildman–Crippen MR) is 87.9 cm³/mol. The SMILES string of the molecule is CSc1ccccc1-c1cn(C(O)C(Cl)(Cl)Cl)cc1C#N. The van der Waals surface area contributed by atoms with Crippen molar-refractivity contribution in [3.8, 4) is 17.2 Å². The van der Waals surface area contributed by atoms with E-state index in [1.165, 1.54) is 10.8 Å². The smallest absolute Gasteiger partial charge is 0.234 e. The van der Waals surface area contributed by atoms with E-state index in [1.807, 2.05) is 30.5 Å². The molecule has 0 saturated carbocycles. The Morgan fingerprint density at radius 2 is 1.90 bits per heavy atom. The Kier molecular flexibility index (Phi) is 5.13. The van der Waals surface area contributed by atoms with Gasteiger partial charge in [0.05, 0.1) is 5.56 Å². The summed E-state index contributed by atoms with van der Waals surface area (Å²) in [6, 6.07) is 9.79. The topological polar surface area (TPSA) is 49.0 Å². The quantitative estimate of drug-likeness (QED) is 0.641. The van der Waals surface area contributed by atoms with E-state index >= 15 is 0 Å². The third-order valence-electron chi connectivity index (χ3n) is 2.94. The molecule has 21 heavy (non-hydrogen) atoms. The molecule has 1 N–H and O–H groups in total. The number of hydrogen-bond donors (Lipinski definition) is 1. The van der Waals surface area contributed by atoms with Crippen LogP contribution in [0.1, 0.15) is 11.8 Å². The summed E-state index contributed by atoms with van der Waals surface area (Å²) in [5.41, 5.74) is 2.00. The average molecular weight is 362 g/mol. The van der Waals surface area contributed by atoms with E-state index in [9.17, 15) is 10.4 Å². The van der Waals surface area contributed by atoms with E-state index < -0.39 is 10.0 Å².